The number of aliphatic hydroxyl groups is 1. The molecule has 0 aliphatic carbocycles. The van der Waals surface area contributed by atoms with Crippen molar-refractivity contribution in [1.82, 2.24) is 0 Å². The van der Waals surface area contributed by atoms with Gasteiger partial charge in [0.1, 0.15) is 5.97 Å². The number of carbonyl (C=O) groups is 1. The second-order valence-electron chi connectivity index (χ2n) is 7.03. The molecular formula is C24H22BF7O3SSe. The number of hydrogen-bond acceptors (Lipinski definition) is 3. The molecule has 0 unspecified atom stereocenters. The van der Waals surface area contributed by atoms with E-state index in [2.05, 4.69) is 73.2 Å². The fourth-order valence-corrected chi connectivity index (χ4v) is 10.5. The molecule has 0 fully saturated rings. The summed E-state index contributed by atoms with van der Waals surface area (Å²) in [7, 11) is -6.03. The molecule has 3 aromatic rings. The predicted molar refractivity (Wildman–Crippen MR) is 134 cm³/mol. The number of aliphatic hydroxyl groups excluding tert-OH is 1. The van der Waals surface area contributed by atoms with Gasteiger partial charge in [-0.3, -0.25) is 0 Å². The molecule has 0 aromatic heterocycles. The summed E-state index contributed by atoms with van der Waals surface area (Å²) < 4.78 is 74.4. The fourth-order valence-electron chi connectivity index (χ4n) is 2.63. The maximum atomic E-state index is 11.2. The van der Waals surface area contributed by atoms with Crippen LogP contribution >= 0.6 is 0 Å². The minimum Gasteiger partial charge on any atom is -0.542 e. The van der Waals surface area contributed by atoms with Crippen molar-refractivity contribution in [2.75, 3.05) is 12.5 Å². The van der Waals surface area contributed by atoms with Crippen molar-refractivity contribution in [3.63, 3.8) is 0 Å². The molecule has 3 nitrogen and oxygen atoms in total. The average Bonchev–Trinajstić information content (AvgIpc) is 2.82. The van der Waals surface area contributed by atoms with Crippen LogP contribution in [-0.4, -0.2) is 50.9 Å². The molecule has 3 aromatic carbocycles. The minimum absolute atomic E-state index is 0.0298. The van der Waals surface area contributed by atoms with Crippen LogP contribution in [0.3, 0.4) is 0 Å². The Kier molecular flexibility index (Phi) is 12.8. The first-order valence-electron chi connectivity index (χ1n) is 10.2. The number of benzene rings is 3. The first kappa shape index (κ1) is 32.1. The molecule has 13 heteroatoms. The zero-order chi connectivity index (χ0) is 28.2. The monoisotopic (exact) mass is 614 g/mol. The molecule has 0 atom stereocenters. The van der Waals surface area contributed by atoms with Gasteiger partial charge in [0, 0.05) is 0 Å². The van der Waals surface area contributed by atoms with Gasteiger partial charge in [0.05, 0.1) is 0 Å². The number of carbonyl (C=O) groups excluding carboxylic acids is 1. The van der Waals surface area contributed by atoms with E-state index in [0.29, 0.717) is 5.76 Å². The Balaban J connectivity index is 0.000000476. The second kappa shape index (κ2) is 14.8. The number of rotatable bonds is 5. The summed E-state index contributed by atoms with van der Waals surface area (Å²) >= 11 is -1.53. The third kappa shape index (κ3) is 12.3. The summed E-state index contributed by atoms with van der Waals surface area (Å²) in [6.07, 6.45) is -0.784. The Hall–Kier alpha value is -2.89. The molecule has 200 valence electrons. The van der Waals surface area contributed by atoms with Crippen LogP contribution in [0, 0.1) is 0 Å². The summed E-state index contributed by atoms with van der Waals surface area (Å²) in [6.45, 7) is 0. The molecular weight excluding hydrogens is 591 g/mol. The average molecular weight is 613 g/mol. The third-order valence-corrected chi connectivity index (χ3v) is 12.2. The topological polar surface area (TPSA) is 60.4 Å². The van der Waals surface area contributed by atoms with E-state index in [4.69, 9.17) is 9.90 Å². The molecule has 0 saturated carbocycles. The molecule has 0 aliphatic heterocycles. The van der Waals surface area contributed by atoms with Crippen molar-refractivity contribution in [2.24, 2.45) is 0 Å². The van der Waals surface area contributed by atoms with Crippen molar-refractivity contribution >= 4 is 52.7 Å². The molecule has 0 heterocycles. The van der Waals surface area contributed by atoms with E-state index in [0.717, 1.165) is 5.56 Å². The van der Waals surface area contributed by atoms with Crippen LogP contribution in [0.1, 0.15) is 5.56 Å². The van der Waals surface area contributed by atoms with Crippen molar-refractivity contribution in [3.8, 4) is 0 Å². The predicted octanol–water partition coefficient (Wildman–Crippen LogP) is 4.24. The van der Waals surface area contributed by atoms with Crippen molar-refractivity contribution in [1.29, 1.82) is 0 Å². The van der Waals surface area contributed by atoms with E-state index in [1.807, 2.05) is 30.3 Å². The Labute approximate surface area is 217 Å². The van der Waals surface area contributed by atoms with Crippen LogP contribution in [0.4, 0.5) is 30.4 Å². The fraction of sp³-hybridized carbons (Fsp3) is 0.125. The largest absolute Gasteiger partial charge is 0.673 e. The number of carboxylic acids is 1. The minimum atomic E-state index is -6.00. The first-order chi connectivity index (χ1) is 17.1. The van der Waals surface area contributed by atoms with Crippen LogP contribution in [-0.2, 0) is 15.7 Å². The van der Waals surface area contributed by atoms with Gasteiger partial charge in [-0.1, -0.05) is 0 Å². The van der Waals surface area contributed by atoms with Gasteiger partial charge in [-0.2, -0.15) is 13.2 Å². The first-order valence-corrected chi connectivity index (χ1v) is 14.8. The van der Waals surface area contributed by atoms with Gasteiger partial charge in [-0.15, -0.1) is 0 Å². The van der Waals surface area contributed by atoms with Gasteiger partial charge >= 0.3 is 171 Å². The normalized spacial score (nSPS) is 12.1. The summed E-state index contributed by atoms with van der Waals surface area (Å²) in [5.41, 5.74) is 0.902. The van der Waals surface area contributed by atoms with E-state index in [-0.39, 0.29) is 10.9 Å². The Morgan fingerprint density at radius 3 is 1.35 bits per heavy atom. The molecule has 0 spiro atoms. The maximum Gasteiger partial charge on any atom is 0.673 e. The molecule has 37 heavy (non-hydrogen) atoms. The quantitative estimate of drug-likeness (QED) is 0.203. The molecule has 3 rings (SSSR count). The zero-order valence-corrected chi connectivity index (χ0v) is 22.0. The Bertz CT molecular complexity index is 1080. The molecule has 0 saturated heterocycles. The van der Waals surface area contributed by atoms with Crippen molar-refractivity contribution in [2.45, 2.75) is 6.18 Å². The van der Waals surface area contributed by atoms with Gasteiger partial charge in [-0.25, -0.2) is 0 Å². The van der Waals surface area contributed by atoms with E-state index in [1.165, 1.54) is 12.7 Å². The number of alkyl halides is 3. The number of hydrogen-bond donors (Lipinski definition) is 1. The van der Waals surface area contributed by atoms with E-state index in [1.54, 1.807) is 0 Å². The Morgan fingerprint density at radius 2 is 1.08 bits per heavy atom. The third-order valence-electron chi connectivity index (χ3n) is 3.99. The van der Waals surface area contributed by atoms with Crippen molar-refractivity contribution in [3.05, 3.63) is 100 Å². The molecule has 0 aliphatic rings. The van der Waals surface area contributed by atoms with Gasteiger partial charge < -0.3 is 27.2 Å². The summed E-state index contributed by atoms with van der Waals surface area (Å²) in [5.74, 6) is -2.56. The SMILES string of the molecule is C[S+](C)/C(=C(\O)c1ccccc1)[Se+](c1ccccc1)c1ccccc1.F[B-](F)(F)F.O=C([O-])C(F)(F)F. The molecule has 0 radical (unpaired) electrons. The molecule has 1 N–H and O–H groups in total. The second-order valence-corrected chi connectivity index (χ2v) is 13.8. The van der Waals surface area contributed by atoms with Crippen molar-refractivity contribution < 1.29 is 45.4 Å². The van der Waals surface area contributed by atoms with Gasteiger partial charge in [-0.05, 0) is 0 Å². The maximum absolute atomic E-state index is 11.2. The number of halogens is 7. The number of aliphatic carboxylic acids is 1. The number of carboxylic acid groups (broad SMARTS) is 1. The Morgan fingerprint density at radius 1 is 0.784 bits per heavy atom. The van der Waals surface area contributed by atoms with Gasteiger partial charge in [0.2, 0.25) is 0 Å². The van der Waals surface area contributed by atoms with Gasteiger partial charge in [0.15, 0.2) is 0 Å². The smallest absolute Gasteiger partial charge is 0.542 e. The van der Waals surface area contributed by atoms with Crippen LogP contribution < -0.4 is 14.0 Å². The molecule has 0 bridgehead atoms. The van der Waals surface area contributed by atoms with E-state index < -0.39 is 33.3 Å². The van der Waals surface area contributed by atoms with Crippen LogP contribution in [0.2, 0.25) is 0 Å². The van der Waals surface area contributed by atoms with E-state index >= 15 is 0 Å². The van der Waals surface area contributed by atoms with Crippen LogP contribution in [0.5, 0.6) is 0 Å². The van der Waals surface area contributed by atoms with E-state index in [9.17, 15) is 35.5 Å². The standard InChI is InChI=1S/C22H21OSSe.C2HF3O2.BF4/c1-24(2)22(21(23)18-12-6-3-7-13-18)25(19-14-8-4-9-15-19)20-16-10-5-11-17-20;3-2(4,5)1(6)7;2-1(3,4)5/h3-17H,1-2H3;(H,6,7);/q+1;;-1/b22-21+;;. The summed E-state index contributed by atoms with van der Waals surface area (Å²) in [5, 5.41) is 19.9. The van der Waals surface area contributed by atoms with Crippen LogP contribution in [0.15, 0.2) is 94.8 Å². The van der Waals surface area contributed by atoms with Gasteiger partial charge in [0.25, 0.3) is 0 Å². The summed E-state index contributed by atoms with van der Waals surface area (Å²) in [4.78, 5) is 8.78. The van der Waals surface area contributed by atoms with Crippen LogP contribution in [0.25, 0.3) is 5.76 Å². The zero-order valence-electron chi connectivity index (χ0n) is 19.5. The summed E-state index contributed by atoms with van der Waals surface area (Å²) in [6, 6.07) is 31.2. The molecule has 0 amide bonds.